The van der Waals surface area contributed by atoms with Gasteiger partial charge in [-0.1, -0.05) is 18.2 Å². The van der Waals surface area contributed by atoms with Crippen LogP contribution in [0.4, 0.5) is 10.2 Å². The zero-order valence-corrected chi connectivity index (χ0v) is 22.2. The summed E-state index contributed by atoms with van der Waals surface area (Å²) in [5.41, 5.74) is 5.17. The second-order valence-corrected chi connectivity index (χ2v) is 10.4. The smallest absolute Gasteiger partial charge is 0.154 e. The molecule has 2 aliphatic heterocycles. The van der Waals surface area contributed by atoms with Gasteiger partial charge in [-0.05, 0) is 54.8 Å². The van der Waals surface area contributed by atoms with E-state index in [-0.39, 0.29) is 11.9 Å². The first-order valence-corrected chi connectivity index (χ1v) is 13.9. The lowest BCUT2D eigenvalue weighted by Crippen LogP contribution is -2.38. The van der Waals surface area contributed by atoms with E-state index in [0.717, 1.165) is 98.5 Å². The van der Waals surface area contributed by atoms with Gasteiger partial charge < -0.3 is 9.64 Å². The highest BCUT2D eigenvalue weighted by molar-refractivity contribution is 5.65. The van der Waals surface area contributed by atoms with Gasteiger partial charge in [0.25, 0.3) is 0 Å². The highest BCUT2D eigenvalue weighted by Gasteiger charge is 2.28. The van der Waals surface area contributed by atoms with Gasteiger partial charge in [-0.2, -0.15) is 5.10 Å². The minimum atomic E-state index is -0.210. The molecule has 10 heteroatoms. The van der Waals surface area contributed by atoms with E-state index in [2.05, 4.69) is 26.1 Å². The monoisotopic (exact) mass is 538 g/mol. The van der Waals surface area contributed by atoms with Crippen LogP contribution in [0.1, 0.15) is 24.4 Å². The Balaban J connectivity index is 1.14. The molecule has 2 fully saturated rings. The summed E-state index contributed by atoms with van der Waals surface area (Å²) in [4.78, 5) is 14.2. The number of rotatable bonds is 7. The molecule has 0 N–H and O–H groups in total. The predicted octanol–water partition coefficient (Wildman–Crippen LogP) is 4.47. The summed E-state index contributed by atoms with van der Waals surface area (Å²) in [5.74, 6) is 0.634. The molecule has 204 valence electrons. The average molecular weight is 539 g/mol. The van der Waals surface area contributed by atoms with Crippen molar-refractivity contribution in [3.05, 3.63) is 84.6 Å². The Bertz CT molecular complexity index is 1630. The molecule has 0 radical (unpaired) electrons. The zero-order chi connectivity index (χ0) is 26.9. The Morgan fingerprint density at radius 3 is 2.70 bits per heavy atom. The summed E-state index contributed by atoms with van der Waals surface area (Å²) >= 11 is 0. The normalized spacial score (nSPS) is 18.1. The van der Waals surface area contributed by atoms with Crippen LogP contribution in [-0.2, 0) is 11.3 Å². The number of ether oxygens (including phenoxy) is 1. The van der Waals surface area contributed by atoms with Gasteiger partial charge >= 0.3 is 0 Å². The van der Waals surface area contributed by atoms with E-state index in [9.17, 15) is 4.39 Å². The molecule has 0 bridgehead atoms. The molecule has 0 amide bonds. The Kier molecular flexibility index (Phi) is 6.70. The van der Waals surface area contributed by atoms with E-state index >= 15 is 0 Å². The molecule has 7 rings (SSSR count). The summed E-state index contributed by atoms with van der Waals surface area (Å²) < 4.78 is 23.2. The first-order chi connectivity index (χ1) is 19.7. The van der Waals surface area contributed by atoms with Gasteiger partial charge in [0, 0.05) is 37.9 Å². The lowest BCUT2D eigenvalue weighted by molar-refractivity contribution is 0.0360. The molecule has 1 aromatic carbocycles. The Morgan fingerprint density at radius 2 is 1.80 bits per heavy atom. The third-order valence-electron chi connectivity index (χ3n) is 7.82. The van der Waals surface area contributed by atoms with Crippen molar-refractivity contribution in [1.82, 2.24) is 34.3 Å². The second kappa shape index (κ2) is 10.8. The molecule has 0 unspecified atom stereocenters. The summed E-state index contributed by atoms with van der Waals surface area (Å²) in [6.45, 7) is 6.18. The summed E-state index contributed by atoms with van der Waals surface area (Å²) in [6.07, 6.45) is 7.73. The topological polar surface area (TPSA) is 76.6 Å². The molecule has 2 aliphatic rings. The van der Waals surface area contributed by atoms with E-state index in [1.165, 1.54) is 6.07 Å². The predicted molar refractivity (Wildman–Crippen MR) is 150 cm³/mol. The molecule has 9 nitrogen and oxygen atoms in total. The van der Waals surface area contributed by atoms with Crippen LogP contribution in [0, 0.1) is 5.82 Å². The summed E-state index contributed by atoms with van der Waals surface area (Å²) in [5, 5.41) is 9.56. The minimum Gasteiger partial charge on any atom is -0.379 e. The molecule has 0 spiro atoms. The van der Waals surface area contributed by atoms with Crippen LogP contribution in [0.15, 0.2) is 73.2 Å². The maximum Gasteiger partial charge on any atom is 0.154 e. The SMILES string of the molecule is Fc1cccc([C@H]2CCCN2c2ccc3ncc(-c4cccc(-c5cnn(CCN6CCOCC6)c5)n4)n3n2)c1. The van der Waals surface area contributed by atoms with Crippen molar-refractivity contribution in [1.29, 1.82) is 0 Å². The quantitative estimate of drug-likeness (QED) is 0.303. The molecule has 0 aliphatic carbocycles. The van der Waals surface area contributed by atoms with Crippen molar-refractivity contribution in [3.63, 3.8) is 0 Å². The average Bonchev–Trinajstić information content (AvgIpc) is 3.76. The molecule has 1 atom stereocenters. The third kappa shape index (κ3) is 4.96. The molecule has 6 heterocycles. The second-order valence-electron chi connectivity index (χ2n) is 10.4. The number of fused-ring (bicyclic) bond motifs is 1. The molecule has 40 heavy (non-hydrogen) atoms. The summed E-state index contributed by atoms with van der Waals surface area (Å²) in [7, 11) is 0. The number of halogens is 1. The number of hydrogen-bond acceptors (Lipinski definition) is 7. The van der Waals surface area contributed by atoms with Crippen LogP contribution in [0.3, 0.4) is 0 Å². The summed E-state index contributed by atoms with van der Waals surface area (Å²) in [6, 6.07) is 16.9. The van der Waals surface area contributed by atoms with Gasteiger partial charge in [-0.15, -0.1) is 5.10 Å². The molecule has 5 aromatic rings. The van der Waals surface area contributed by atoms with Crippen LogP contribution < -0.4 is 4.90 Å². The van der Waals surface area contributed by atoms with Crippen molar-refractivity contribution in [3.8, 4) is 22.6 Å². The lowest BCUT2D eigenvalue weighted by Gasteiger charge is -2.26. The number of hydrogen-bond donors (Lipinski definition) is 0. The third-order valence-corrected chi connectivity index (χ3v) is 7.82. The largest absolute Gasteiger partial charge is 0.379 e. The fraction of sp³-hybridized carbons (Fsp3) is 0.333. The number of morpholine rings is 1. The number of imidazole rings is 1. The standard InChI is InChI=1S/C30H31FN8O/c31-24-5-1-4-22(18-24)27-8-3-11-38(27)30-10-9-29-32-20-28(39(29)35-30)26-7-2-6-25(34-26)23-19-33-37(21-23)13-12-36-14-16-40-17-15-36/h1-2,4-7,9-10,18-21,27H,3,8,11-17H2/t27-/m1/s1. The molecular weight excluding hydrogens is 507 g/mol. The lowest BCUT2D eigenvalue weighted by atomic mass is 10.0. The van der Waals surface area contributed by atoms with Crippen LogP contribution in [0.5, 0.6) is 0 Å². The Morgan fingerprint density at radius 1 is 0.925 bits per heavy atom. The van der Waals surface area contributed by atoms with Crippen molar-refractivity contribution >= 4 is 11.5 Å². The number of benzene rings is 1. The molecular formula is C30H31FN8O. The fourth-order valence-corrected chi connectivity index (χ4v) is 5.72. The first kappa shape index (κ1) is 24.9. The number of anilines is 1. The maximum atomic E-state index is 14.0. The highest BCUT2D eigenvalue weighted by atomic mass is 19.1. The van der Waals surface area contributed by atoms with Crippen LogP contribution in [0.2, 0.25) is 0 Å². The fourth-order valence-electron chi connectivity index (χ4n) is 5.72. The van der Waals surface area contributed by atoms with Crippen LogP contribution >= 0.6 is 0 Å². The van der Waals surface area contributed by atoms with Gasteiger partial charge in [0.05, 0.1) is 49.6 Å². The van der Waals surface area contributed by atoms with Crippen molar-refractivity contribution in [2.75, 3.05) is 44.3 Å². The number of aromatic nitrogens is 6. The van der Waals surface area contributed by atoms with Gasteiger partial charge in [0.15, 0.2) is 5.65 Å². The number of pyridine rings is 1. The van der Waals surface area contributed by atoms with Crippen LogP contribution in [-0.4, -0.2) is 73.7 Å². The van der Waals surface area contributed by atoms with Crippen molar-refractivity contribution in [2.24, 2.45) is 0 Å². The molecule has 0 saturated carbocycles. The highest BCUT2D eigenvalue weighted by Crippen LogP contribution is 2.35. The van der Waals surface area contributed by atoms with Gasteiger partial charge in [-0.3, -0.25) is 9.58 Å². The Hall–Kier alpha value is -4.15. The van der Waals surface area contributed by atoms with E-state index in [1.54, 1.807) is 12.1 Å². The van der Waals surface area contributed by atoms with Gasteiger partial charge in [0.1, 0.15) is 17.3 Å². The zero-order valence-electron chi connectivity index (χ0n) is 22.2. The maximum absolute atomic E-state index is 14.0. The van der Waals surface area contributed by atoms with E-state index in [0.29, 0.717) is 0 Å². The van der Waals surface area contributed by atoms with E-state index < -0.39 is 0 Å². The molecule has 2 saturated heterocycles. The van der Waals surface area contributed by atoms with Gasteiger partial charge in [0.2, 0.25) is 0 Å². The first-order valence-electron chi connectivity index (χ1n) is 13.9. The van der Waals surface area contributed by atoms with E-state index in [1.807, 2.05) is 58.0 Å². The van der Waals surface area contributed by atoms with Crippen molar-refractivity contribution < 1.29 is 9.13 Å². The minimum absolute atomic E-state index is 0.0915. The number of nitrogens with zero attached hydrogens (tertiary/aromatic N) is 8. The van der Waals surface area contributed by atoms with Crippen molar-refractivity contribution in [2.45, 2.75) is 25.4 Å². The van der Waals surface area contributed by atoms with E-state index in [4.69, 9.17) is 14.8 Å². The molecule has 4 aromatic heterocycles. The Labute approximate surface area is 231 Å². The van der Waals surface area contributed by atoms with Crippen LogP contribution in [0.25, 0.3) is 28.3 Å². The van der Waals surface area contributed by atoms with Gasteiger partial charge in [-0.25, -0.2) is 18.9 Å².